The van der Waals surface area contributed by atoms with Crippen molar-refractivity contribution < 1.29 is 0 Å². The molecule has 0 unspecified atom stereocenters. The van der Waals surface area contributed by atoms with Gasteiger partial charge in [-0.2, -0.15) is 0 Å². The van der Waals surface area contributed by atoms with Crippen molar-refractivity contribution in [1.29, 1.82) is 0 Å². The standard InChI is InChI=1S/C9H15N3/c1-8-6-12(11-10-8)7-9(2)4-3-5-9/h6H,3-5,7H2,1-2H3. The van der Waals surface area contributed by atoms with E-state index >= 15 is 0 Å². The maximum atomic E-state index is 4.05. The van der Waals surface area contributed by atoms with Crippen molar-refractivity contribution in [3.63, 3.8) is 0 Å². The van der Waals surface area contributed by atoms with E-state index in [0.29, 0.717) is 5.41 Å². The molecule has 3 heteroatoms. The minimum absolute atomic E-state index is 0.500. The van der Waals surface area contributed by atoms with Crippen molar-refractivity contribution in [3.05, 3.63) is 11.9 Å². The molecule has 1 aromatic rings. The Morgan fingerprint density at radius 2 is 2.33 bits per heavy atom. The van der Waals surface area contributed by atoms with Crippen molar-refractivity contribution in [2.75, 3.05) is 0 Å². The normalized spacial score (nSPS) is 20.5. The lowest BCUT2D eigenvalue weighted by Gasteiger charge is -2.37. The van der Waals surface area contributed by atoms with Gasteiger partial charge in [0.2, 0.25) is 0 Å². The van der Waals surface area contributed by atoms with Gasteiger partial charge in [-0.15, -0.1) is 5.10 Å². The molecule has 0 atom stereocenters. The molecule has 66 valence electrons. The third kappa shape index (κ3) is 1.36. The molecule has 1 aliphatic rings. The lowest BCUT2D eigenvalue weighted by molar-refractivity contribution is 0.125. The first-order chi connectivity index (χ1) is 5.68. The molecular weight excluding hydrogens is 150 g/mol. The molecule has 1 aromatic heterocycles. The minimum Gasteiger partial charge on any atom is -0.252 e. The van der Waals surface area contributed by atoms with Gasteiger partial charge in [0.15, 0.2) is 0 Å². The fourth-order valence-corrected chi connectivity index (χ4v) is 1.80. The Kier molecular flexibility index (Phi) is 1.67. The van der Waals surface area contributed by atoms with Gasteiger partial charge in [-0.05, 0) is 25.2 Å². The second-order valence-corrected chi connectivity index (χ2v) is 4.22. The molecule has 3 nitrogen and oxygen atoms in total. The predicted octanol–water partition coefficient (Wildman–Crippen LogP) is 1.78. The summed E-state index contributed by atoms with van der Waals surface area (Å²) < 4.78 is 1.97. The van der Waals surface area contributed by atoms with Gasteiger partial charge < -0.3 is 0 Å². The maximum Gasteiger partial charge on any atom is 0.0796 e. The Morgan fingerprint density at radius 1 is 1.58 bits per heavy atom. The zero-order valence-corrected chi connectivity index (χ0v) is 7.75. The lowest BCUT2D eigenvalue weighted by atomic mass is 9.70. The zero-order chi connectivity index (χ0) is 8.60. The molecule has 0 aliphatic heterocycles. The van der Waals surface area contributed by atoms with Crippen LogP contribution in [0, 0.1) is 12.3 Å². The maximum absolute atomic E-state index is 4.05. The third-order valence-corrected chi connectivity index (χ3v) is 2.76. The third-order valence-electron chi connectivity index (χ3n) is 2.76. The summed E-state index contributed by atoms with van der Waals surface area (Å²) in [5.74, 6) is 0. The van der Waals surface area contributed by atoms with Gasteiger partial charge in [-0.25, -0.2) is 0 Å². The summed E-state index contributed by atoms with van der Waals surface area (Å²) in [5, 5.41) is 8.02. The van der Waals surface area contributed by atoms with E-state index in [0.717, 1.165) is 12.2 Å². The molecule has 1 aliphatic carbocycles. The van der Waals surface area contributed by atoms with Crippen LogP contribution in [-0.2, 0) is 6.54 Å². The van der Waals surface area contributed by atoms with Crippen LogP contribution in [0.4, 0.5) is 0 Å². The number of hydrogen-bond donors (Lipinski definition) is 0. The Hall–Kier alpha value is -0.860. The smallest absolute Gasteiger partial charge is 0.0796 e. The fourth-order valence-electron chi connectivity index (χ4n) is 1.80. The first-order valence-corrected chi connectivity index (χ1v) is 4.55. The van der Waals surface area contributed by atoms with Gasteiger partial charge in [0.1, 0.15) is 0 Å². The number of hydrogen-bond acceptors (Lipinski definition) is 2. The Bertz CT molecular complexity index is 273. The molecule has 1 saturated carbocycles. The number of nitrogens with zero attached hydrogens (tertiary/aromatic N) is 3. The zero-order valence-electron chi connectivity index (χ0n) is 7.75. The minimum atomic E-state index is 0.500. The van der Waals surface area contributed by atoms with Gasteiger partial charge in [0.05, 0.1) is 5.69 Å². The fraction of sp³-hybridized carbons (Fsp3) is 0.778. The van der Waals surface area contributed by atoms with Crippen molar-refractivity contribution in [2.45, 2.75) is 39.7 Å². The van der Waals surface area contributed by atoms with E-state index in [1.54, 1.807) is 0 Å². The summed E-state index contributed by atoms with van der Waals surface area (Å²) in [6.07, 6.45) is 6.07. The second kappa shape index (κ2) is 2.57. The highest BCUT2D eigenvalue weighted by Gasteiger charge is 2.32. The first kappa shape index (κ1) is 7.77. The largest absolute Gasteiger partial charge is 0.252 e. The van der Waals surface area contributed by atoms with E-state index in [-0.39, 0.29) is 0 Å². The number of aryl methyl sites for hydroxylation is 1. The first-order valence-electron chi connectivity index (χ1n) is 4.55. The highest BCUT2D eigenvalue weighted by Crippen LogP contribution is 2.41. The number of rotatable bonds is 2. The molecule has 0 saturated heterocycles. The average Bonchev–Trinajstić information content (AvgIpc) is 2.32. The van der Waals surface area contributed by atoms with Crippen molar-refractivity contribution in [1.82, 2.24) is 15.0 Å². The summed E-state index contributed by atoms with van der Waals surface area (Å²) in [7, 11) is 0. The van der Waals surface area contributed by atoms with Gasteiger partial charge in [0.25, 0.3) is 0 Å². The van der Waals surface area contributed by atoms with Crippen molar-refractivity contribution in [3.8, 4) is 0 Å². The average molecular weight is 165 g/mol. The van der Waals surface area contributed by atoms with Crippen molar-refractivity contribution in [2.24, 2.45) is 5.41 Å². The number of aromatic nitrogens is 3. The van der Waals surface area contributed by atoms with E-state index in [9.17, 15) is 0 Å². The monoisotopic (exact) mass is 165 g/mol. The summed E-state index contributed by atoms with van der Waals surface area (Å²) in [5.41, 5.74) is 1.51. The van der Waals surface area contributed by atoms with Gasteiger partial charge >= 0.3 is 0 Å². The van der Waals surface area contributed by atoms with E-state index in [4.69, 9.17) is 0 Å². The SMILES string of the molecule is Cc1cn(CC2(C)CCC2)nn1. The quantitative estimate of drug-likeness (QED) is 0.668. The van der Waals surface area contributed by atoms with Crippen LogP contribution in [0.1, 0.15) is 31.9 Å². The molecule has 0 spiro atoms. The van der Waals surface area contributed by atoms with E-state index in [1.165, 1.54) is 19.3 Å². The molecule has 12 heavy (non-hydrogen) atoms. The van der Waals surface area contributed by atoms with Gasteiger partial charge in [-0.1, -0.05) is 18.6 Å². The summed E-state index contributed by atoms with van der Waals surface area (Å²) in [6.45, 7) is 5.34. The lowest BCUT2D eigenvalue weighted by Crippen LogP contribution is -2.30. The van der Waals surface area contributed by atoms with Gasteiger partial charge in [-0.3, -0.25) is 4.68 Å². The van der Waals surface area contributed by atoms with Crippen LogP contribution in [0.2, 0.25) is 0 Å². The molecule has 1 fully saturated rings. The van der Waals surface area contributed by atoms with Crippen LogP contribution in [0.25, 0.3) is 0 Å². The Balaban J connectivity index is 2.03. The molecular formula is C9H15N3. The molecule has 0 aromatic carbocycles. The van der Waals surface area contributed by atoms with Crippen LogP contribution in [-0.4, -0.2) is 15.0 Å². The van der Waals surface area contributed by atoms with Crippen molar-refractivity contribution >= 4 is 0 Å². The van der Waals surface area contributed by atoms with Crippen LogP contribution in [0.3, 0.4) is 0 Å². The van der Waals surface area contributed by atoms with E-state index in [2.05, 4.69) is 17.2 Å². The highest BCUT2D eigenvalue weighted by molar-refractivity contribution is 4.89. The Morgan fingerprint density at radius 3 is 2.75 bits per heavy atom. The van der Waals surface area contributed by atoms with E-state index < -0.39 is 0 Å². The van der Waals surface area contributed by atoms with Crippen LogP contribution >= 0.6 is 0 Å². The van der Waals surface area contributed by atoms with Crippen LogP contribution < -0.4 is 0 Å². The summed E-state index contributed by atoms with van der Waals surface area (Å²) in [4.78, 5) is 0. The molecule has 2 rings (SSSR count). The van der Waals surface area contributed by atoms with Crippen LogP contribution in [0.5, 0.6) is 0 Å². The molecule has 0 amide bonds. The topological polar surface area (TPSA) is 30.7 Å². The summed E-state index contributed by atoms with van der Waals surface area (Å²) >= 11 is 0. The highest BCUT2D eigenvalue weighted by atomic mass is 15.4. The van der Waals surface area contributed by atoms with E-state index in [1.807, 2.05) is 17.8 Å². The van der Waals surface area contributed by atoms with Crippen LogP contribution in [0.15, 0.2) is 6.20 Å². The molecule has 1 heterocycles. The van der Waals surface area contributed by atoms with Gasteiger partial charge in [0, 0.05) is 12.7 Å². The predicted molar refractivity (Wildman–Crippen MR) is 46.7 cm³/mol. The molecule has 0 bridgehead atoms. The molecule has 0 radical (unpaired) electrons. The second-order valence-electron chi connectivity index (χ2n) is 4.22. The summed E-state index contributed by atoms with van der Waals surface area (Å²) in [6, 6.07) is 0. The Labute approximate surface area is 72.8 Å². The molecule has 0 N–H and O–H groups in total.